The summed E-state index contributed by atoms with van der Waals surface area (Å²) in [5.74, 6) is 0. The van der Waals surface area contributed by atoms with Crippen LogP contribution >= 0.6 is 15.9 Å². The van der Waals surface area contributed by atoms with Crippen LogP contribution in [0.25, 0.3) is 0 Å². The van der Waals surface area contributed by atoms with Gasteiger partial charge in [-0.15, -0.1) is 0 Å². The van der Waals surface area contributed by atoms with Crippen molar-refractivity contribution in [2.24, 2.45) is 5.41 Å². The van der Waals surface area contributed by atoms with Crippen LogP contribution in [-0.2, 0) is 6.42 Å². The number of aryl methyl sites for hydroxylation is 3. The highest BCUT2D eigenvalue weighted by Gasteiger charge is 2.21. The summed E-state index contributed by atoms with van der Waals surface area (Å²) in [6, 6.07) is 6.73. The standard InChI is InChI=1S/C15H23Br/c1-11-6-7-12(2)13(10-11)8-9-14(16)15(3,4)5/h6-7,10,14H,8-9H2,1-5H3. The topological polar surface area (TPSA) is 0 Å². The number of benzene rings is 1. The fourth-order valence-corrected chi connectivity index (χ4v) is 2.01. The molecule has 90 valence electrons. The van der Waals surface area contributed by atoms with Gasteiger partial charge in [0.05, 0.1) is 0 Å². The lowest BCUT2D eigenvalue weighted by Crippen LogP contribution is -2.20. The molecule has 16 heavy (non-hydrogen) atoms. The van der Waals surface area contributed by atoms with Crippen molar-refractivity contribution in [3.8, 4) is 0 Å². The number of hydrogen-bond donors (Lipinski definition) is 0. The third-order valence-corrected chi connectivity index (χ3v) is 4.94. The Morgan fingerprint density at radius 1 is 1.19 bits per heavy atom. The van der Waals surface area contributed by atoms with Crippen molar-refractivity contribution in [1.29, 1.82) is 0 Å². The van der Waals surface area contributed by atoms with Gasteiger partial charge in [-0.05, 0) is 43.2 Å². The molecule has 0 aliphatic heterocycles. The van der Waals surface area contributed by atoms with Crippen LogP contribution in [0.5, 0.6) is 0 Å². The molecule has 0 aliphatic carbocycles. The zero-order chi connectivity index (χ0) is 12.3. The fraction of sp³-hybridized carbons (Fsp3) is 0.600. The molecule has 0 nitrogen and oxygen atoms in total. The normalized spacial score (nSPS) is 13.9. The SMILES string of the molecule is Cc1ccc(C)c(CCC(Br)C(C)(C)C)c1. The van der Waals surface area contributed by atoms with Crippen LogP contribution in [0.1, 0.15) is 43.9 Å². The lowest BCUT2D eigenvalue weighted by Gasteiger charge is -2.25. The highest BCUT2D eigenvalue weighted by Crippen LogP contribution is 2.30. The zero-order valence-electron chi connectivity index (χ0n) is 11.1. The van der Waals surface area contributed by atoms with Crippen molar-refractivity contribution in [3.05, 3.63) is 34.9 Å². The Kier molecular flexibility index (Phi) is 4.61. The monoisotopic (exact) mass is 282 g/mol. The van der Waals surface area contributed by atoms with Gasteiger partial charge in [-0.25, -0.2) is 0 Å². The molecule has 0 radical (unpaired) electrons. The second kappa shape index (κ2) is 5.35. The Morgan fingerprint density at radius 2 is 1.81 bits per heavy atom. The van der Waals surface area contributed by atoms with Crippen LogP contribution in [0.3, 0.4) is 0 Å². The quantitative estimate of drug-likeness (QED) is 0.681. The lowest BCUT2D eigenvalue weighted by molar-refractivity contribution is 0.385. The van der Waals surface area contributed by atoms with E-state index in [1.165, 1.54) is 29.5 Å². The van der Waals surface area contributed by atoms with Crippen LogP contribution in [0, 0.1) is 19.3 Å². The van der Waals surface area contributed by atoms with Gasteiger partial charge in [-0.2, -0.15) is 0 Å². The summed E-state index contributed by atoms with van der Waals surface area (Å²) in [6.45, 7) is 11.2. The van der Waals surface area contributed by atoms with E-state index in [0.29, 0.717) is 10.2 Å². The van der Waals surface area contributed by atoms with Crippen molar-refractivity contribution in [2.45, 2.75) is 52.3 Å². The smallest absolute Gasteiger partial charge is 0.0197 e. The molecular weight excluding hydrogens is 260 g/mol. The molecule has 1 aromatic rings. The second-order valence-electron chi connectivity index (χ2n) is 5.80. The van der Waals surface area contributed by atoms with Crippen molar-refractivity contribution >= 4 is 15.9 Å². The van der Waals surface area contributed by atoms with E-state index in [2.05, 4.69) is 68.7 Å². The van der Waals surface area contributed by atoms with Gasteiger partial charge in [0.15, 0.2) is 0 Å². The molecule has 0 fully saturated rings. The van der Waals surface area contributed by atoms with E-state index < -0.39 is 0 Å². The van der Waals surface area contributed by atoms with Gasteiger partial charge in [0.25, 0.3) is 0 Å². The molecule has 1 rings (SSSR count). The van der Waals surface area contributed by atoms with Gasteiger partial charge in [-0.1, -0.05) is 60.5 Å². The predicted molar refractivity (Wildman–Crippen MR) is 76.4 cm³/mol. The largest absolute Gasteiger partial charge is 0.0885 e. The maximum absolute atomic E-state index is 3.80. The van der Waals surface area contributed by atoms with E-state index in [9.17, 15) is 0 Å². The average molecular weight is 283 g/mol. The molecule has 1 heteroatoms. The van der Waals surface area contributed by atoms with Crippen LogP contribution in [0.2, 0.25) is 0 Å². The van der Waals surface area contributed by atoms with Crippen molar-refractivity contribution in [3.63, 3.8) is 0 Å². The maximum atomic E-state index is 3.80. The minimum atomic E-state index is 0.345. The molecule has 1 aromatic carbocycles. The highest BCUT2D eigenvalue weighted by atomic mass is 79.9. The maximum Gasteiger partial charge on any atom is 0.0197 e. The summed E-state index contributed by atoms with van der Waals surface area (Å²) in [6.07, 6.45) is 2.37. The summed E-state index contributed by atoms with van der Waals surface area (Å²) in [5, 5.41) is 0. The average Bonchev–Trinajstić information content (AvgIpc) is 2.17. The first-order valence-corrected chi connectivity index (χ1v) is 6.92. The number of halogens is 1. The molecule has 0 heterocycles. The van der Waals surface area contributed by atoms with E-state index in [-0.39, 0.29) is 0 Å². The fourth-order valence-electron chi connectivity index (χ4n) is 1.78. The molecule has 1 atom stereocenters. The van der Waals surface area contributed by atoms with Gasteiger partial charge in [-0.3, -0.25) is 0 Å². The first-order chi connectivity index (χ1) is 7.30. The van der Waals surface area contributed by atoms with Crippen molar-refractivity contribution < 1.29 is 0 Å². The summed E-state index contributed by atoms with van der Waals surface area (Å²) in [4.78, 5) is 0.583. The minimum Gasteiger partial charge on any atom is -0.0885 e. The van der Waals surface area contributed by atoms with Crippen molar-refractivity contribution in [1.82, 2.24) is 0 Å². The molecule has 0 aromatic heterocycles. The Labute approximate surface area is 109 Å². The number of hydrogen-bond acceptors (Lipinski definition) is 0. The van der Waals surface area contributed by atoms with E-state index in [0.717, 1.165) is 0 Å². The summed E-state index contributed by atoms with van der Waals surface area (Å²) in [5.41, 5.74) is 4.62. The lowest BCUT2D eigenvalue weighted by atomic mass is 9.88. The van der Waals surface area contributed by atoms with Gasteiger partial charge in [0.1, 0.15) is 0 Å². The van der Waals surface area contributed by atoms with Gasteiger partial charge in [0.2, 0.25) is 0 Å². The molecule has 0 saturated heterocycles. The predicted octanol–water partition coefficient (Wildman–Crippen LogP) is 5.05. The molecule has 0 N–H and O–H groups in total. The summed E-state index contributed by atoms with van der Waals surface area (Å²) in [7, 11) is 0. The van der Waals surface area contributed by atoms with Gasteiger partial charge in [0, 0.05) is 4.83 Å². The van der Waals surface area contributed by atoms with Gasteiger partial charge < -0.3 is 0 Å². The third-order valence-electron chi connectivity index (χ3n) is 3.11. The summed E-state index contributed by atoms with van der Waals surface area (Å²) >= 11 is 3.80. The van der Waals surface area contributed by atoms with Gasteiger partial charge >= 0.3 is 0 Å². The van der Waals surface area contributed by atoms with E-state index in [1.54, 1.807) is 0 Å². The van der Waals surface area contributed by atoms with Crippen LogP contribution in [0.15, 0.2) is 18.2 Å². The zero-order valence-corrected chi connectivity index (χ0v) is 12.7. The molecular formula is C15H23Br. The van der Waals surface area contributed by atoms with Crippen LogP contribution in [0.4, 0.5) is 0 Å². The van der Waals surface area contributed by atoms with Crippen LogP contribution < -0.4 is 0 Å². The Bertz CT molecular complexity index is 347. The van der Waals surface area contributed by atoms with Crippen molar-refractivity contribution in [2.75, 3.05) is 0 Å². The first kappa shape index (κ1) is 13.8. The summed E-state index contributed by atoms with van der Waals surface area (Å²) < 4.78 is 0. The van der Waals surface area contributed by atoms with E-state index in [1.807, 2.05) is 0 Å². The second-order valence-corrected chi connectivity index (χ2v) is 6.91. The molecule has 0 aliphatic rings. The Morgan fingerprint density at radius 3 is 2.38 bits per heavy atom. The molecule has 0 amide bonds. The molecule has 0 spiro atoms. The number of rotatable bonds is 3. The third kappa shape index (κ3) is 3.93. The van der Waals surface area contributed by atoms with E-state index in [4.69, 9.17) is 0 Å². The van der Waals surface area contributed by atoms with Crippen LogP contribution in [-0.4, -0.2) is 4.83 Å². The highest BCUT2D eigenvalue weighted by molar-refractivity contribution is 9.09. The molecule has 0 saturated carbocycles. The first-order valence-electron chi connectivity index (χ1n) is 6.01. The van der Waals surface area contributed by atoms with E-state index >= 15 is 0 Å². The Hall–Kier alpha value is -0.300. The number of alkyl halides is 1. The Balaban J connectivity index is 2.64. The molecule has 0 bridgehead atoms. The molecule has 1 unspecified atom stereocenters. The minimum absolute atomic E-state index is 0.345.